The number of rotatable bonds is 4. The van der Waals surface area contributed by atoms with Crippen molar-refractivity contribution in [3.8, 4) is 11.8 Å². The van der Waals surface area contributed by atoms with Gasteiger partial charge in [-0.2, -0.15) is 5.26 Å². The largest absolute Gasteiger partial charge is 0.478 e. The Labute approximate surface area is 97.3 Å². The lowest BCUT2D eigenvalue weighted by molar-refractivity contribution is -0.131. The summed E-state index contributed by atoms with van der Waals surface area (Å²) in [4.78, 5) is 10.4. The number of halogens is 1. The Balaban J connectivity index is 2.99. The van der Waals surface area contributed by atoms with E-state index in [1.165, 1.54) is 6.08 Å². The summed E-state index contributed by atoms with van der Waals surface area (Å²) < 4.78 is 5.11. The minimum absolute atomic E-state index is 0.102. The summed E-state index contributed by atoms with van der Waals surface area (Å²) in [5.41, 5.74) is 0.519. The molecule has 1 aromatic carbocycles. The van der Waals surface area contributed by atoms with Crippen LogP contribution in [0.2, 0.25) is 5.02 Å². The van der Waals surface area contributed by atoms with Gasteiger partial charge in [0, 0.05) is 16.7 Å². The molecule has 16 heavy (non-hydrogen) atoms. The van der Waals surface area contributed by atoms with Gasteiger partial charge in [-0.05, 0) is 24.3 Å². The molecular formula is C11H8ClNO3. The second-order valence-electron chi connectivity index (χ2n) is 2.80. The van der Waals surface area contributed by atoms with Crippen molar-refractivity contribution in [1.29, 1.82) is 5.26 Å². The highest BCUT2D eigenvalue weighted by Gasteiger charge is 2.02. The zero-order chi connectivity index (χ0) is 12.0. The first kappa shape index (κ1) is 12.1. The summed E-state index contributed by atoms with van der Waals surface area (Å²) in [6.45, 7) is -0.102. The van der Waals surface area contributed by atoms with E-state index in [9.17, 15) is 4.79 Å². The van der Waals surface area contributed by atoms with Gasteiger partial charge >= 0.3 is 5.97 Å². The molecule has 0 fully saturated rings. The van der Waals surface area contributed by atoms with Gasteiger partial charge in [0.2, 0.25) is 0 Å². The lowest BCUT2D eigenvalue weighted by Crippen LogP contribution is -1.95. The molecule has 1 N–H and O–H groups in total. The third kappa shape index (κ3) is 3.64. The van der Waals surface area contributed by atoms with E-state index in [-0.39, 0.29) is 6.61 Å². The van der Waals surface area contributed by atoms with E-state index < -0.39 is 5.97 Å². The number of carboxylic acids is 1. The minimum atomic E-state index is -1.06. The van der Waals surface area contributed by atoms with Crippen LogP contribution in [0, 0.1) is 11.3 Å². The topological polar surface area (TPSA) is 70.3 Å². The average Bonchev–Trinajstić information content (AvgIpc) is 2.25. The molecule has 1 rings (SSSR count). The van der Waals surface area contributed by atoms with Crippen molar-refractivity contribution in [3.05, 3.63) is 34.9 Å². The van der Waals surface area contributed by atoms with E-state index >= 15 is 0 Å². The van der Waals surface area contributed by atoms with Crippen molar-refractivity contribution >= 4 is 23.6 Å². The van der Waals surface area contributed by atoms with Crippen LogP contribution in [0.5, 0.6) is 5.75 Å². The summed E-state index contributed by atoms with van der Waals surface area (Å²) in [7, 11) is 0. The molecule has 0 saturated carbocycles. The average molecular weight is 238 g/mol. The van der Waals surface area contributed by atoms with Crippen LogP contribution in [0.15, 0.2) is 24.3 Å². The molecule has 4 nitrogen and oxygen atoms in total. The predicted molar refractivity (Wildman–Crippen MR) is 59.2 cm³/mol. The Kier molecular flexibility index (Phi) is 4.37. The molecule has 0 aromatic heterocycles. The Hall–Kier alpha value is -1.99. The number of carboxylic acid groups (broad SMARTS) is 1. The quantitative estimate of drug-likeness (QED) is 0.816. The lowest BCUT2D eigenvalue weighted by atomic mass is 10.2. The summed E-state index contributed by atoms with van der Waals surface area (Å²) in [5.74, 6) is -0.644. The van der Waals surface area contributed by atoms with Gasteiger partial charge in [0.25, 0.3) is 0 Å². The fourth-order valence-corrected chi connectivity index (χ4v) is 1.23. The predicted octanol–water partition coefficient (Wildman–Crippen LogP) is 2.34. The number of carbonyl (C=O) groups is 1. The van der Waals surface area contributed by atoms with Crippen molar-refractivity contribution in [2.45, 2.75) is 0 Å². The summed E-state index contributed by atoms with van der Waals surface area (Å²) in [6.07, 6.45) is 2.34. The van der Waals surface area contributed by atoms with Crippen molar-refractivity contribution in [3.63, 3.8) is 0 Å². The van der Waals surface area contributed by atoms with Gasteiger partial charge in [0.05, 0.1) is 0 Å². The highest BCUT2D eigenvalue weighted by Crippen LogP contribution is 2.24. The smallest absolute Gasteiger partial charge is 0.328 e. The van der Waals surface area contributed by atoms with Gasteiger partial charge in [-0.15, -0.1) is 0 Å². The molecule has 0 aliphatic heterocycles. The van der Waals surface area contributed by atoms with Crippen LogP contribution >= 0.6 is 11.6 Å². The molecule has 0 bridgehead atoms. The van der Waals surface area contributed by atoms with Gasteiger partial charge in [-0.3, -0.25) is 0 Å². The molecule has 0 aliphatic carbocycles. The fourth-order valence-electron chi connectivity index (χ4n) is 1.05. The number of nitrogens with zero attached hydrogens (tertiary/aromatic N) is 1. The molecule has 1 aromatic rings. The molecule has 0 atom stereocenters. The zero-order valence-corrected chi connectivity index (χ0v) is 8.94. The van der Waals surface area contributed by atoms with Crippen molar-refractivity contribution < 1.29 is 14.6 Å². The van der Waals surface area contributed by atoms with E-state index in [1.54, 1.807) is 18.2 Å². The number of benzene rings is 1. The van der Waals surface area contributed by atoms with Crippen LogP contribution < -0.4 is 4.74 Å². The molecule has 0 amide bonds. The normalized spacial score (nSPS) is 10.0. The van der Waals surface area contributed by atoms with Crippen molar-refractivity contribution in [2.75, 3.05) is 6.61 Å². The molecule has 0 saturated heterocycles. The third-order valence-corrected chi connectivity index (χ3v) is 1.90. The Bertz CT molecular complexity index is 463. The first-order valence-corrected chi connectivity index (χ1v) is 4.71. The highest BCUT2D eigenvalue weighted by molar-refractivity contribution is 6.30. The standard InChI is InChI=1S/C11H8ClNO3/c12-9-2-3-10(16-6-5-13)8(7-9)1-4-11(14)15/h1-4,7H,6H2,(H,14,15)/b4-1+. The van der Waals surface area contributed by atoms with Gasteiger partial charge in [0.1, 0.15) is 11.8 Å². The van der Waals surface area contributed by atoms with E-state index in [1.807, 2.05) is 6.07 Å². The Morgan fingerprint density at radius 2 is 2.38 bits per heavy atom. The summed E-state index contributed by atoms with van der Waals surface area (Å²) >= 11 is 5.76. The zero-order valence-electron chi connectivity index (χ0n) is 8.18. The highest BCUT2D eigenvalue weighted by atomic mass is 35.5. The van der Waals surface area contributed by atoms with Crippen LogP contribution in [0.25, 0.3) is 6.08 Å². The maximum Gasteiger partial charge on any atom is 0.328 e. The van der Waals surface area contributed by atoms with Gasteiger partial charge in [-0.25, -0.2) is 4.79 Å². The number of aliphatic carboxylic acids is 1. The second-order valence-corrected chi connectivity index (χ2v) is 3.24. The van der Waals surface area contributed by atoms with Crippen LogP contribution in [-0.2, 0) is 4.79 Å². The minimum Gasteiger partial charge on any atom is -0.478 e. The van der Waals surface area contributed by atoms with Gasteiger partial charge in [0.15, 0.2) is 6.61 Å². The molecule has 0 heterocycles. The van der Waals surface area contributed by atoms with E-state index in [4.69, 9.17) is 26.7 Å². The molecule has 5 heteroatoms. The van der Waals surface area contributed by atoms with Crippen LogP contribution in [-0.4, -0.2) is 17.7 Å². The van der Waals surface area contributed by atoms with E-state index in [0.29, 0.717) is 16.3 Å². The number of hydrogen-bond donors (Lipinski definition) is 1. The maximum atomic E-state index is 10.4. The third-order valence-electron chi connectivity index (χ3n) is 1.67. The first-order valence-electron chi connectivity index (χ1n) is 4.34. The fraction of sp³-hybridized carbons (Fsp3) is 0.0909. The molecule has 82 valence electrons. The van der Waals surface area contributed by atoms with E-state index in [0.717, 1.165) is 6.08 Å². The number of nitriles is 1. The number of hydrogen-bond acceptors (Lipinski definition) is 3. The Morgan fingerprint density at radius 3 is 3.00 bits per heavy atom. The molecule has 0 radical (unpaired) electrons. The Morgan fingerprint density at radius 1 is 1.62 bits per heavy atom. The van der Waals surface area contributed by atoms with Crippen molar-refractivity contribution in [1.82, 2.24) is 0 Å². The van der Waals surface area contributed by atoms with Gasteiger partial charge in [-0.1, -0.05) is 11.6 Å². The number of ether oxygens (including phenoxy) is 1. The second kappa shape index (κ2) is 5.79. The van der Waals surface area contributed by atoms with Crippen molar-refractivity contribution in [2.24, 2.45) is 0 Å². The van der Waals surface area contributed by atoms with Crippen LogP contribution in [0.3, 0.4) is 0 Å². The SMILES string of the molecule is N#CCOc1ccc(Cl)cc1/C=C/C(=O)O. The summed E-state index contributed by atoms with van der Waals surface area (Å²) in [5, 5.41) is 17.3. The van der Waals surface area contributed by atoms with Gasteiger partial charge < -0.3 is 9.84 Å². The van der Waals surface area contributed by atoms with Crippen LogP contribution in [0.4, 0.5) is 0 Å². The molecule has 0 spiro atoms. The van der Waals surface area contributed by atoms with E-state index in [2.05, 4.69) is 0 Å². The first-order chi connectivity index (χ1) is 7.63. The molecule has 0 aliphatic rings. The lowest BCUT2D eigenvalue weighted by Gasteiger charge is -2.05. The molecule has 0 unspecified atom stereocenters. The van der Waals surface area contributed by atoms with Crippen LogP contribution in [0.1, 0.15) is 5.56 Å². The summed E-state index contributed by atoms with van der Waals surface area (Å²) in [6, 6.07) is 6.58. The molecular weight excluding hydrogens is 230 g/mol. The maximum absolute atomic E-state index is 10.4. The monoisotopic (exact) mass is 237 g/mol.